The fourth-order valence-corrected chi connectivity index (χ4v) is 3.28. The summed E-state index contributed by atoms with van der Waals surface area (Å²) in [5, 5.41) is 0.972. The monoisotopic (exact) mass is 347 g/mol. The van der Waals surface area contributed by atoms with Crippen LogP contribution in [0.25, 0.3) is 0 Å². The summed E-state index contributed by atoms with van der Waals surface area (Å²) in [4.78, 5) is 0. The van der Waals surface area contributed by atoms with Crippen LogP contribution in [0.5, 0.6) is 5.75 Å². The molecule has 2 nitrogen and oxygen atoms in total. The van der Waals surface area contributed by atoms with Crippen molar-refractivity contribution in [2.45, 2.75) is 31.5 Å². The Morgan fingerprint density at radius 3 is 2.08 bits per heavy atom. The molecule has 1 aliphatic rings. The molecule has 0 aromatic heterocycles. The summed E-state index contributed by atoms with van der Waals surface area (Å²) < 4.78 is 20.2. The summed E-state index contributed by atoms with van der Waals surface area (Å²) in [5.74, 6) is 1.11. The average Bonchev–Trinajstić information content (AvgIpc) is 3.49. The van der Waals surface area contributed by atoms with Gasteiger partial charge in [0.2, 0.25) is 0 Å². The van der Waals surface area contributed by atoms with E-state index in [-0.39, 0.29) is 12.0 Å². The molecule has 1 fully saturated rings. The molecule has 26 heavy (non-hydrogen) atoms. The Hall–Kier alpha value is -2.65. The molecule has 0 unspecified atom stereocenters. The molecular formula is C23H22FNO. The first-order valence-corrected chi connectivity index (χ1v) is 9.02. The zero-order valence-corrected chi connectivity index (χ0v) is 14.6. The zero-order chi connectivity index (χ0) is 17.8. The number of hydrogen-bond donors (Lipinski definition) is 0. The molecule has 0 amide bonds. The van der Waals surface area contributed by atoms with E-state index in [9.17, 15) is 4.48 Å². The van der Waals surface area contributed by atoms with Crippen LogP contribution in [0.4, 0.5) is 4.48 Å². The molecule has 0 bridgehead atoms. The van der Waals surface area contributed by atoms with Crippen molar-refractivity contribution in [2.24, 2.45) is 0 Å². The molecule has 0 aliphatic heterocycles. The second-order valence-electron chi connectivity index (χ2n) is 6.80. The Labute approximate surface area is 153 Å². The van der Waals surface area contributed by atoms with Gasteiger partial charge in [0.05, 0.1) is 6.54 Å². The van der Waals surface area contributed by atoms with E-state index in [4.69, 9.17) is 4.74 Å². The van der Waals surface area contributed by atoms with E-state index in [1.165, 1.54) is 5.56 Å². The van der Waals surface area contributed by atoms with Crippen molar-refractivity contribution < 1.29 is 9.22 Å². The lowest BCUT2D eigenvalue weighted by atomic mass is 10.1. The highest BCUT2D eigenvalue weighted by molar-refractivity contribution is 5.34. The van der Waals surface area contributed by atoms with Crippen molar-refractivity contribution in [1.82, 2.24) is 5.12 Å². The molecule has 132 valence electrons. The van der Waals surface area contributed by atoms with Gasteiger partial charge in [0, 0.05) is 12.0 Å². The number of halogens is 1. The first-order chi connectivity index (χ1) is 12.8. The highest BCUT2D eigenvalue weighted by atomic mass is 19.2. The number of nitrogens with zero attached hydrogens (tertiary/aromatic N) is 1. The molecule has 3 aromatic carbocycles. The predicted molar refractivity (Wildman–Crippen MR) is 101 cm³/mol. The van der Waals surface area contributed by atoms with Crippen molar-refractivity contribution in [1.29, 1.82) is 0 Å². The van der Waals surface area contributed by atoms with Gasteiger partial charge >= 0.3 is 0 Å². The summed E-state index contributed by atoms with van der Waals surface area (Å²) in [5.41, 5.74) is 3.33. The van der Waals surface area contributed by atoms with Crippen LogP contribution in [0.3, 0.4) is 0 Å². The van der Waals surface area contributed by atoms with Crippen LogP contribution in [-0.4, -0.2) is 11.2 Å². The lowest BCUT2D eigenvalue weighted by Gasteiger charge is -2.12. The molecule has 0 saturated heterocycles. The minimum Gasteiger partial charge on any atom is -0.489 e. The maximum absolute atomic E-state index is 14.4. The highest BCUT2D eigenvalue weighted by Gasteiger charge is 2.43. The fraction of sp³-hybridized carbons (Fsp3) is 0.217. The maximum Gasteiger partial charge on any atom is 0.119 e. The SMILES string of the molecule is FN(Cc1ccccc1)[C@@H]1C[C@H]1c1ccc(OCc2ccccc2)cc1. The fourth-order valence-electron chi connectivity index (χ4n) is 3.28. The molecule has 1 saturated carbocycles. The van der Waals surface area contributed by atoms with Crippen LogP contribution in [0, 0.1) is 0 Å². The quantitative estimate of drug-likeness (QED) is 0.523. The summed E-state index contributed by atoms with van der Waals surface area (Å²) in [6.45, 7) is 0.905. The molecular weight excluding hydrogens is 325 g/mol. The smallest absolute Gasteiger partial charge is 0.119 e. The second-order valence-corrected chi connectivity index (χ2v) is 6.80. The van der Waals surface area contributed by atoms with Crippen LogP contribution in [0.2, 0.25) is 0 Å². The third-order valence-electron chi connectivity index (χ3n) is 4.85. The maximum atomic E-state index is 14.4. The zero-order valence-electron chi connectivity index (χ0n) is 14.6. The van der Waals surface area contributed by atoms with Crippen LogP contribution < -0.4 is 4.74 Å². The lowest BCUT2D eigenvalue weighted by molar-refractivity contribution is 0.00363. The highest BCUT2D eigenvalue weighted by Crippen LogP contribution is 2.45. The topological polar surface area (TPSA) is 12.5 Å². The molecule has 1 aliphatic carbocycles. The van der Waals surface area contributed by atoms with Crippen molar-refractivity contribution in [3.05, 3.63) is 102 Å². The van der Waals surface area contributed by atoms with Gasteiger partial charge < -0.3 is 4.74 Å². The van der Waals surface area contributed by atoms with Gasteiger partial charge in [-0.15, -0.1) is 9.60 Å². The first kappa shape index (κ1) is 16.8. The van der Waals surface area contributed by atoms with E-state index in [2.05, 4.69) is 12.1 Å². The summed E-state index contributed by atoms with van der Waals surface area (Å²) in [6.07, 6.45) is 0.869. The molecule has 0 heterocycles. The third kappa shape index (κ3) is 4.12. The Morgan fingerprint density at radius 2 is 1.42 bits per heavy atom. The predicted octanol–water partition coefficient (Wildman–Crippen LogP) is 5.51. The van der Waals surface area contributed by atoms with Gasteiger partial charge in [-0.25, -0.2) is 0 Å². The van der Waals surface area contributed by atoms with Gasteiger partial charge in [0.15, 0.2) is 0 Å². The van der Waals surface area contributed by atoms with Crippen LogP contribution in [0.15, 0.2) is 84.9 Å². The molecule has 0 spiro atoms. The van der Waals surface area contributed by atoms with E-state index in [0.717, 1.165) is 28.4 Å². The Balaban J connectivity index is 1.30. The van der Waals surface area contributed by atoms with Crippen LogP contribution >= 0.6 is 0 Å². The van der Waals surface area contributed by atoms with E-state index in [1.54, 1.807) is 0 Å². The Bertz CT molecular complexity index is 820. The normalized spacial score (nSPS) is 18.7. The molecule has 0 N–H and O–H groups in total. The minimum absolute atomic E-state index is 0.0220. The molecule has 4 rings (SSSR count). The number of ether oxygens (including phenoxy) is 1. The van der Waals surface area contributed by atoms with Crippen molar-refractivity contribution in [3.8, 4) is 5.75 Å². The average molecular weight is 347 g/mol. The molecule has 3 aromatic rings. The molecule has 0 radical (unpaired) electrons. The summed E-state index contributed by atoms with van der Waals surface area (Å²) in [6, 6.07) is 27.9. The second kappa shape index (κ2) is 7.71. The summed E-state index contributed by atoms with van der Waals surface area (Å²) in [7, 11) is 0. The van der Waals surface area contributed by atoms with Crippen LogP contribution in [0.1, 0.15) is 29.0 Å². The van der Waals surface area contributed by atoms with Crippen molar-refractivity contribution in [2.75, 3.05) is 0 Å². The van der Waals surface area contributed by atoms with E-state index in [0.29, 0.717) is 13.2 Å². The summed E-state index contributed by atoms with van der Waals surface area (Å²) >= 11 is 0. The number of benzene rings is 3. The molecule has 3 heteroatoms. The van der Waals surface area contributed by atoms with Gasteiger partial charge in [-0.1, -0.05) is 72.8 Å². The van der Waals surface area contributed by atoms with Gasteiger partial charge in [-0.05, 0) is 35.2 Å². The van der Waals surface area contributed by atoms with Gasteiger partial charge in [-0.2, -0.15) is 0 Å². The van der Waals surface area contributed by atoms with E-state index in [1.807, 2.05) is 72.8 Å². The number of hydrogen-bond acceptors (Lipinski definition) is 2. The minimum atomic E-state index is -0.0220. The number of rotatable bonds is 7. The standard InChI is InChI=1S/C23H22FNO/c24-25(16-18-7-3-1-4-8-18)23-15-22(23)20-11-13-21(14-12-20)26-17-19-9-5-2-6-10-19/h1-14,22-23H,15-17H2/t22-,23+/m0/s1. The first-order valence-electron chi connectivity index (χ1n) is 9.02. The Kier molecular flexibility index (Phi) is 4.98. The Morgan fingerprint density at radius 1 is 0.808 bits per heavy atom. The largest absolute Gasteiger partial charge is 0.489 e. The molecule has 2 atom stereocenters. The van der Waals surface area contributed by atoms with Gasteiger partial charge in [0.1, 0.15) is 12.4 Å². The van der Waals surface area contributed by atoms with Crippen LogP contribution in [-0.2, 0) is 13.2 Å². The van der Waals surface area contributed by atoms with Crippen molar-refractivity contribution >= 4 is 0 Å². The van der Waals surface area contributed by atoms with Gasteiger partial charge in [-0.3, -0.25) is 0 Å². The van der Waals surface area contributed by atoms with E-state index < -0.39 is 0 Å². The van der Waals surface area contributed by atoms with Gasteiger partial charge in [0.25, 0.3) is 0 Å². The van der Waals surface area contributed by atoms with E-state index >= 15 is 0 Å². The lowest BCUT2D eigenvalue weighted by Crippen LogP contribution is -2.16. The third-order valence-corrected chi connectivity index (χ3v) is 4.85. The van der Waals surface area contributed by atoms with Crippen molar-refractivity contribution in [3.63, 3.8) is 0 Å².